The van der Waals surface area contributed by atoms with E-state index in [1.165, 1.54) is 4.68 Å². The molecule has 0 unspecified atom stereocenters. The van der Waals surface area contributed by atoms with Crippen LogP contribution in [0.25, 0.3) is 10.8 Å². The van der Waals surface area contributed by atoms with Crippen molar-refractivity contribution in [1.29, 1.82) is 0 Å². The van der Waals surface area contributed by atoms with Crippen molar-refractivity contribution in [3.63, 3.8) is 0 Å². The summed E-state index contributed by atoms with van der Waals surface area (Å²) in [5.41, 5.74) is 6.27. The Morgan fingerprint density at radius 2 is 1.57 bits per heavy atom. The van der Waals surface area contributed by atoms with Crippen molar-refractivity contribution in [3.05, 3.63) is 75.7 Å². The van der Waals surface area contributed by atoms with Crippen LogP contribution in [-0.2, 0) is 13.0 Å². The molecule has 156 valence electrons. The first-order valence-electron chi connectivity index (χ1n) is 10.2. The maximum Gasteiger partial charge on any atom is 0.290 e. The molecule has 3 aromatic rings. The third kappa shape index (κ3) is 4.74. The first-order chi connectivity index (χ1) is 14.5. The lowest BCUT2D eigenvalue weighted by Crippen LogP contribution is -2.42. The van der Waals surface area contributed by atoms with Gasteiger partial charge in [-0.2, -0.15) is 5.10 Å². The Balaban J connectivity index is 1.81. The number of hydrazine groups is 1. The molecule has 0 spiro atoms. The molecule has 1 heterocycles. The van der Waals surface area contributed by atoms with Gasteiger partial charge in [0.15, 0.2) is 5.69 Å². The molecule has 0 bridgehead atoms. The topological polar surface area (TPSA) is 93.1 Å². The number of hydrogen-bond acceptors (Lipinski definition) is 4. The van der Waals surface area contributed by atoms with Crippen molar-refractivity contribution in [2.75, 3.05) is 0 Å². The third-order valence-corrected chi connectivity index (χ3v) is 4.97. The molecule has 7 nitrogen and oxygen atoms in total. The lowest BCUT2D eigenvalue weighted by molar-refractivity contribution is 0.0843. The number of rotatable bonds is 7. The van der Waals surface area contributed by atoms with Crippen molar-refractivity contribution in [1.82, 2.24) is 20.6 Å². The number of hydrogen-bond donors (Lipinski definition) is 2. The van der Waals surface area contributed by atoms with Crippen LogP contribution >= 0.6 is 0 Å². The van der Waals surface area contributed by atoms with Gasteiger partial charge in [0.2, 0.25) is 0 Å². The predicted octanol–water partition coefficient (Wildman–Crippen LogP) is 3.22. The number of benzene rings is 2. The number of carbonyl (C=O) groups excluding carboxylic acids is 2. The second-order valence-electron chi connectivity index (χ2n) is 7.09. The predicted molar refractivity (Wildman–Crippen MR) is 116 cm³/mol. The molecule has 30 heavy (non-hydrogen) atoms. The van der Waals surface area contributed by atoms with Crippen LogP contribution in [0.15, 0.2) is 53.3 Å². The molecule has 7 heteroatoms. The van der Waals surface area contributed by atoms with Gasteiger partial charge in [0.05, 0.1) is 5.39 Å². The molecule has 0 saturated heterocycles. The van der Waals surface area contributed by atoms with Crippen LogP contribution in [0.3, 0.4) is 0 Å². The molecule has 2 amide bonds. The average Bonchev–Trinajstić information content (AvgIpc) is 2.79. The van der Waals surface area contributed by atoms with Gasteiger partial charge in [0.1, 0.15) is 0 Å². The van der Waals surface area contributed by atoms with Crippen LogP contribution in [0.2, 0.25) is 0 Å². The molecule has 0 aliphatic heterocycles. The van der Waals surface area contributed by atoms with Crippen molar-refractivity contribution < 1.29 is 9.59 Å². The van der Waals surface area contributed by atoms with E-state index in [1.54, 1.807) is 36.4 Å². The highest BCUT2D eigenvalue weighted by Crippen LogP contribution is 2.13. The maximum atomic E-state index is 12.8. The number of unbranched alkanes of at least 4 members (excludes halogenated alkanes) is 2. The highest BCUT2D eigenvalue weighted by molar-refractivity contribution is 6.06. The molecule has 2 aromatic carbocycles. The van der Waals surface area contributed by atoms with Crippen LogP contribution in [0, 0.1) is 0 Å². The smallest absolute Gasteiger partial charge is 0.267 e. The quantitative estimate of drug-likeness (QED) is 0.465. The fourth-order valence-electron chi connectivity index (χ4n) is 3.20. The minimum Gasteiger partial charge on any atom is -0.267 e. The summed E-state index contributed by atoms with van der Waals surface area (Å²) in [6, 6.07) is 14.0. The van der Waals surface area contributed by atoms with Crippen molar-refractivity contribution in [3.8, 4) is 0 Å². The largest absolute Gasteiger partial charge is 0.290 e. The van der Waals surface area contributed by atoms with Gasteiger partial charge in [-0.1, -0.05) is 57.0 Å². The van der Waals surface area contributed by atoms with Crippen molar-refractivity contribution in [2.24, 2.45) is 0 Å². The van der Waals surface area contributed by atoms with Gasteiger partial charge >= 0.3 is 0 Å². The summed E-state index contributed by atoms with van der Waals surface area (Å²) in [4.78, 5) is 37.8. The fourth-order valence-corrected chi connectivity index (χ4v) is 3.20. The van der Waals surface area contributed by atoms with E-state index in [9.17, 15) is 14.4 Å². The summed E-state index contributed by atoms with van der Waals surface area (Å²) in [7, 11) is 0. The summed E-state index contributed by atoms with van der Waals surface area (Å²) in [6.45, 7) is 4.55. The summed E-state index contributed by atoms with van der Waals surface area (Å²) >= 11 is 0. The number of aryl methyl sites for hydroxylation is 2. The van der Waals surface area contributed by atoms with Gasteiger partial charge in [-0.15, -0.1) is 0 Å². The second-order valence-corrected chi connectivity index (χ2v) is 7.09. The Hall–Kier alpha value is -3.48. The van der Waals surface area contributed by atoms with Gasteiger partial charge in [0, 0.05) is 17.5 Å². The SMILES string of the molecule is CCCCCn1nc(C(=O)NNC(=O)c2ccc(CC)cc2)c2ccccc2c1=O. The zero-order chi connectivity index (χ0) is 21.5. The lowest BCUT2D eigenvalue weighted by Gasteiger charge is -2.12. The highest BCUT2D eigenvalue weighted by Gasteiger charge is 2.17. The number of fused-ring (bicyclic) bond motifs is 1. The summed E-state index contributed by atoms with van der Waals surface area (Å²) in [5, 5.41) is 5.16. The molecule has 1 aromatic heterocycles. The van der Waals surface area contributed by atoms with Crippen molar-refractivity contribution in [2.45, 2.75) is 46.1 Å². The highest BCUT2D eigenvalue weighted by atomic mass is 16.2. The molecule has 0 fully saturated rings. The average molecular weight is 406 g/mol. The normalized spacial score (nSPS) is 10.7. The van der Waals surface area contributed by atoms with Gasteiger partial charge in [0.25, 0.3) is 17.4 Å². The number of nitrogens with one attached hydrogen (secondary N) is 2. The Morgan fingerprint density at radius 1 is 0.900 bits per heavy atom. The second kappa shape index (κ2) is 9.82. The molecular weight excluding hydrogens is 380 g/mol. The molecule has 3 rings (SSSR count). The molecule has 0 aliphatic carbocycles. The van der Waals surface area contributed by atoms with E-state index in [0.717, 1.165) is 31.2 Å². The Bertz CT molecular complexity index is 1100. The maximum absolute atomic E-state index is 12.8. The minimum absolute atomic E-state index is 0.100. The van der Waals surface area contributed by atoms with E-state index in [4.69, 9.17) is 0 Å². The van der Waals surface area contributed by atoms with Crippen LogP contribution in [-0.4, -0.2) is 21.6 Å². The van der Waals surface area contributed by atoms with Crippen LogP contribution in [0.1, 0.15) is 59.5 Å². The van der Waals surface area contributed by atoms with Crippen molar-refractivity contribution >= 4 is 22.6 Å². The first kappa shape index (κ1) is 21.2. The molecule has 0 atom stereocenters. The zero-order valence-corrected chi connectivity index (χ0v) is 17.3. The number of carbonyl (C=O) groups is 2. The first-order valence-corrected chi connectivity index (χ1v) is 10.2. The van der Waals surface area contributed by atoms with Crippen LogP contribution < -0.4 is 16.4 Å². The van der Waals surface area contributed by atoms with Gasteiger partial charge in [-0.05, 0) is 36.6 Å². The van der Waals surface area contributed by atoms with Gasteiger partial charge < -0.3 is 0 Å². The number of aromatic nitrogens is 2. The summed E-state index contributed by atoms with van der Waals surface area (Å²) in [6.07, 6.45) is 3.66. The molecular formula is C23H26N4O3. The Labute approximate surface area is 175 Å². The van der Waals surface area contributed by atoms with E-state index in [0.29, 0.717) is 22.9 Å². The number of amides is 2. The van der Waals surface area contributed by atoms with Crippen LogP contribution in [0.5, 0.6) is 0 Å². The Morgan fingerprint density at radius 3 is 2.23 bits per heavy atom. The molecule has 2 N–H and O–H groups in total. The Kier molecular flexibility index (Phi) is 6.95. The molecule has 0 aliphatic rings. The lowest BCUT2D eigenvalue weighted by atomic mass is 10.1. The number of nitrogens with zero attached hydrogens (tertiary/aromatic N) is 2. The molecule has 0 saturated carbocycles. The minimum atomic E-state index is -0.575. The van der Waals surface area contributed by atoms with E-state index in [2.05, 4.69) is 22.9 Å². The summed E-state index contributed by atoms with van der Waals surface area (Å²) < 4.78 is 1.33. The van der Waals surface area contributed by atoms with Crippen LogP contribution in [0.4, 0.5) is 0 Å². The van der Waals surface area contributed by atoms with Gasteiger partial charge in [-0.25, -0.2) is 4.68 Å². The van der Waals surface area contributed by atoms with E-state index < -0.39 is 11.8 Å². The van der Waals surface area contributed by atoms with E-state index in [1.807, 2.05) is 19.1 Å². The summed E-state index contributed by atoms with van der Waals surface area (Å²) in [5.74, 6) is -0.999. The zero-order valence-electron chi connectivity index (χ0n) is 17.3. The van der Waals surface area contributed by atoms with E-state index in [-0.39, 0.29) is 11.3 Å². The van der Waals surface area contributed by atoms with E-state index >= 15 is 0 Å². The van der Waals surface area contributed by atoms with Gasteiger partial charge in [-0.3, -0.25) is 25.2 Å². The fraction of sp³-hybridized carbons (Fsp3) is 0.304. The monoisotopic (exact) mass is 406 g/mol. The standard InChI is InChI=1S/C23H26N4O3/c1-3-5-8-15-27-23(30)19-10-7-6-9-18(19)20(26-27)22(29)25-24-21(28)17-13-11-16(4-2)12-14-17/h6-7,9-14H,3-5,8,15H2,1-2H3,(H,24,28)(H,25,29). The third-order valence-electron chi connectivity index (χ3n) is 4.97. The molecule has 0 radical (unpaired) electrons.